The maximum atomic E-state index is 4.77. The molecular formula is C18H23N3. The molecule has 0 fully saturated rings. The molecule has 2 aromatic carbocycles. The summed E-state index contributed by atoms with van der Waals surface area (Å²) >= 11 is 0. The highest BCUT2D eigenvalue weighted by Crippen LogP contribution is 2.18. The topological polar surface area (TPSA) is 36.4 Å². The zero-order valence-corrected chi connectivity index (χ0v) is 12.9. The van der Waals surface area contributed by atoms with Crippen LogP contribution >= 0.6 is 0 Å². The standard InChI is InChI=1S/C16H17N3.C2H6/c1-12-17-15(13-8-4-2-5-9-13)19-16(18-12)14-10-6-3-7-11-14;1-2/h2-12,15,17H,1H3,(H,18,19);1-2H3. The van der Waals surface area contributed by atoms with Crippen molar-refractivity contribution in [3.63, 3.8) is 0 Å². The van der Waals surface area contributed by atoms with E-state index in [4.69, 9.17) is 4.99 Å². The predicted molar refractivity (Wildman–Crippen MR) is 89.2 cm³/mol. The summed E-state index contributed by atoms with van der Waals surface area (Å²) in [6.45, 7) is 6.10. The molecule has 21 heavy (non-hydrogen) atoms. The molecular weight excluding hydrogens is 258 g/mol. The predicted octanol–water partition coefficient (Wildman–Crippen LogP) is 3.70. The van der Waals surface area contributed by atoms with E-state index < -0.39 is 0 Å². The molecule has 1 aliphatic heterocycles. The van der Waals surface area contributed by atoms with Gasteiger partial charge in [0.1, 0.15) is 12.0 Å². The number of rotatable bonds is 2. The molecule has 110 valence electrons. The van der Waals surface area contributed by atoms with Crippen LogP contribution in [0.4, 0.5) is 0 Å². The van der Waals surface area contributed by atoms with E-state index in [1.165, 1.54) is 5.56 Å². The number of amidine groups is 1. The van der Waals surface area contributed by atoms with Gasteiger partial charge in [0.15, 0.2) is 0 Å². The number of aliphatic imine (C=N–C) groups is 1. The lowest BCUT2D eigenvalue weighted by atomic mass is 10.1. The molecule has 0 spiro atoms. The van der Waals surface area contributed by atoms with Crippen molar-refractivity contribution < 1.29 is 0 Å². The molecule has 0 radical (unpaired) electrons. The first-order valence-electron chi connectivity index (χ1n) is 7.54. The van der Waals surface area contributed by atoms with E-state index in [0.29, 0.717) is 0 Å². The molecule has 2 atom stereocenters. The first-order valence-corrected chi connectivity index (χ1v) is 7.54. The summed E-state index contributed by atoms with van der Waals surface area (Å²) in [7, 11) is 0. The van der Waals surface area contributed by atoms with E-state index >= 15 is 0 Å². The number of nitrogens with zero attached hydrogens (tertiary/aromatic N) is 1. The molecule has 3 rings (SSSR count). The van der Waals surface area contributed by atoms with Crippen LogP contribution in [0.2, 0.25) is 0 Å². The van der Waals surface area contributed by atoms with Gasteiger partial charge in [-0.3, -0.25) is 5.32 Å². The molecule has 0 aromatic heterocycles. The van der Waals surface area contributed by atoms with Crippen molar-refractivity contribution in [1.82, 2.24) is 10.6 Å². The lowest BCUT2D eigenvalue weighted by Gasteiger charge is -2.29. The molecule has 2 unspecified atom stereocenters. The van der Waals surface area contributed by atoms with E-state index in [2.05, 4.69) is 41.8 Å². The molecule has 1 heterocycles. The normalized spacial score (nSPS) is 20.6. The van der Waals surface area contributed by atoms with Crippen LogP contribution < -0.4 is 10.6 Å². The van der Waals surface area contributed by atoms with E-state index in [-0.39, 0.29) is 12.3 Å². The van der Waals surface area contributed by atoms with Gasteiger partial charge in [-0.15, -0.1) is 0 Å². The Kier molecular flexibility index (Phi) is 5.52. The van der Waals surface area contributed by atoms with E-state index in [1.54, 1.807) is 0 Å². The molecule has 0 amide bonds. The maximum absolute atomic E-state index is 4.77. The van der Waals surface area contributed by atoms with Crippen LogP contribution in [0, 0.1) is 0 Å². The van der Waals surface area contributed by atoms with Crippen molar-refractivity contribution in [2.24, 2.45) is 4.99 Å². The average Bonchev–Trinajstić information content (AvgIpc) is 2.58. The molecule has 3 heteroatoms. The fourth-order valence-corrected chi connectivity index (χ4v) is 2.25. The Morgan fingerprint density at radius 2 is 1.43 bits per heavy atom. The summed E-state index contributed by atoms with van der Waals surface area (Å²) in [6, 6.07) is 20.5. The summed E-state index contributed by atoms with van der Waals surface area (Å²) in [5.74, 6) is 0.945. The minimum absolute atomic E-state index is 0.00709. The van der Waals surface area contributed by atoms with Crippen molar-refractivity contribution >= 4 is 5.84 Å². The van der Waals surface area contributed by atoms with Crippen LogP contribution in [-0.4, -0.2) is 12.0 Å². The number of nitrogens with one attached hydrogen (secondary N) is 2. The molecule has 0 saturated carbocycles. The van der Waals surface area contributed by atoms with Gasteiger partial charge in [0.2, 0.25) is 0 Å². The Morgan fingerprint density at radius 1 is 0.857 bits per heavy atom. The van der Waals surface area contributed by atoms with Crippen molar-refractivity contribution in [2.75, 3.05) is 0 Å². The van der Waals surface area contributed by atoms with Crippen LogP contribution in [0.1, 0.15) is 38.1 Å². The summed E-state index contributed by atoms with van der Waals surface area (Å²) in [4.78, 5) is 4.77. The summed E-state index contributed by atoms with van der Waals surface area (Å²) in [5.41, 5.74) is 2.31. The van der Waals surface area contributed by atoms with Gasteiger partial charge in [-0.05, 0) is 12.5 Å². The molecule has 3 nitrogen and oxygen atoms in total. The number of hydrogen-bond donors (Lipinski definition) is 2. The van der Waals surface area contributed by atoms with Gasteiger partial charge in [0, 0.05) is 5.56 Å². The van der Waals surface area contributed by atoms with Crippen molar-refractivity contribution in [1.29, 1.82) is 0 Å². The van der Waals surface area contributed by atoms with Gasteiger partial charge in [-0.1, -0.05) is 74.5 Å². The first-order chi connectivity index (χ1) is 10.3. The second kappa shape index (κ2) is 7.60. The van der Waals surface area contributed by atoms with E-state index in [9.17, 15) is 0 Å². The fraction of sp³-hybridized carbons (Fsp3) is 0.278. The molecule has 0 bridgehead atoms. The third-order valence-corrected chi connectivity index (χ3v) is 3.18. The maximum Gasteiger partial charge on any atom is 0.131 e. The van der Waals surface area contributed by atoms with Crippen molar-refractivity contribution in [3.05, 3.63) is 71.8 Å². The van der Waals surface area contributed by atoms with E-state index in [0.717, 1.165) is 11.4 Å². The Hall–Kier alpha value is -2.13. The lowest BCUT2D eigenvalue weighted by molar-refractivity contribution is 0.422. The molecule has 2 N–H and O–H groups in total. The number of benzene rings is 2. The Morgan fingerprint density at radius 3 is 2.05 bits per heavy atom. The first kappa shape index (κ1) is 15.3. The van der Waals surface area contributed by atoms with Crippen LogP contribution in [0.25, 0.3) is 0 Å². The minimum Gasteiger partial charge on any atom is -0.355 e. The smallest absolute Gasteiger partial charge is 0.131 e. The van der Waals surface area contributed by atoms with E-state index in [1.807, 2.05) is 50.2 Å². The highest BCUT2D eigenvalue weighted by atomic mass is 15.3. The minimum atomic E-state index is 0.00709. The third-order valence-electron chi connectivity index (χ3n) is 3.18. The van der Waals surface area contributed by atoms with Gasteiger partial charge >= 0.3 is 0 Å². The molecule has 0 saturated heterocycles. The monoisotopic (exact) mass is 281 g/mol. The lowest BCUT2D eigenvalue weighted by Crippen LogP contribution is -2.49. The summed E-state index contributed by atoms with van der Waals surface area (Å²) < 4.78 is 0. The van der Waals surface area contributed by atoms with Gasteiger partial charge in [-0.2, -0.15) is 0 Å². The highest BCUT2D eigenvalue weighted by molar-refractivity contribution is 5.99. The zero-order valence-electron chi connectivity index (χ0n) is 12.9. The largest absolute Gasteiger partial charge is 0.355 e. The average molecular weight is 281 g/mol. The molecule has 1 aliphatic rings. The van der Waals surface area contributed by atoms with Crippen molar-refractivity contribution in [3.8, 4) is 0 Å². The van der Waals surface area contributed by atoms with Gasteiger partial charge in [0.05, 0.1) is 6.17 Å². The van der Waals surface area contributed by atoms with Crippen LogP contribution in [0.15, 0.2) is 65.7 Å². The fourth-order valence-electron chi connectivity index (χ4n) is 2.25. The molecule has 2 aromatic rings. The highest BCUT2D eigenvalue weighted by Gasteiger charge is 2.20. The third kappa shape index (κ3) is 3.92. The zero-order chi connectivity index (χ0) is 15.1. The quantitative estimate of drug-likeness (QED) is 0.880. The van der Waals surface area contributed by atoms with Crippen LogP contribution in [0.3, 0.4) is 0 Å². The van der Waals surface area contributed by atoms with Gasteiger partial charge in [0.25, 0.3) is 0 Å². The Balaban J connectivity index is 0.000000774. The second-order valence-corrected chi connectivity index (χ2v) is 4.69. The second-order valence-electron chi connectivity index (χ2n) is 4.69. The van der Waals surface area contributed by atoms with Crippen LogP contribution in [-0.2, 0) is 0 Å². The Bertz CT molecular complexity index is 564. The summed E-state index contributed by atoms with van der Waals surface area (Å²) in [5, 5.41) is 6.80. The van der Waals surface area contributed by atoms with Crippen LogP contribution in [0.5, 0.6) is 0 Å². The Labute approximate surface area is 127 Å². The van der Waals surface area contributed by atoms with Gasteiger partial charge in [-0.25, -0.2) is 4.99 Å². The van der Waals surface area contributed by atoms with Gasteiger partial charge < -0.3 is 5.32 Å². The summed E-state index contributed by atoms with van der Waals surface area (Å²) in [6.07, 6.45) is 0.200. The number of hydrogen-bond acceptors (Lipinski definition) is 3. The van der Waals surface area contributed by atoms with Crippen molar-refractivity contribution in [2.45, 2.75) is 33.1 Å². The molecule has 0 aliphatic carbocycles. The SMILES string of the molecule is CC.CC1NC(c2ccccc2)=NC(c2ccccc2)N1.